The molecule has 1 aliphatic rings. The van der Waals surface area contributed by atoms with Crippen LogP contribution in [-0.4, -0.2) is 26.1 Å². The first-order valence-electron chi connectivity index (χ1n) is 9.72. The van der Waals surface area contributed by atoms with Gasteiger partial charge in [-0.1, -0.05) is 0 Å². The van der Waals surface area contributed by atoms with Crippen LogP contribution in [0.2, 0.25) is 0 Å². The van der Waals surface area contributed by atoms with Gasteiger partial charge in [-0.15, -0.1) is 21.5 Å². The molecule has 0 aliphatic heterocycles. The molecule has 5 rings (SSSR count). The van der Waals surface area contributed by atoms with Crippen molar-refractivity contribution in [1.82, 2.24) is 20.2 Å². The highest BCUT2D eigenvalue weighted by atomic mass is 32.1. The minimum absolute atomic E-state index is 0.0821. The lowest BCUT2D eigenvalue weighted by Crippen LogP contribution is -2.14. The molecule has 0 saturated heterocycles. The molecule has 4 aromatic rings. The summed E-state index contributed by atoms with van der Waals surface area (Å²) in [5.74, 6) is 0.884. The van der Waals surface area contributed by atoms with Gasteiger partial charge in [-0.3, -0.25) is 9.59 Å². The van der Waals surface area contributed by atoms with E-state index in [0.29, 0.717) is 17.0 Å². The molecule has 0 unspecified atom stereocenters. The fourth-order valence-corrected chi connectivity index (χ4v) is 4.85. The third kappa shape index (κ3) is 3.65. The van der Waals surface area contributed by atoms with Crippen LogP contribution in [-0.2, 0) is 35.4 Å². The lowest BCUT2D eigenvalue weighted by Gasteiger charge is -2.09. The van der Waals surface area contributed by atoms with Crippen molar-refractivity contribution in [3.05, 3.63) is 50.9 Å². The van der Waals surface area contributed by atoms with E-state index in [2.05, 4.69) is 20.2 Å². The molecule has 4 heterocycles. The summed E-state index contributed by atoms with van der Waals surface area (Å²) in [5, 5.41) is 8.39. The summed E-state index contributed by atoms with van der Waals surface area (Å²) in [6.45, 7) is -0.132. The molecule has 0 saturated carbocycles. The molecule has 0 bridgehead atoms. The number of esters is 1. The van der Waals surface area contributed by atoms with Gasteiger partial charge in [0.05, 0.1) is 18.1 Å². The van der Waals surface area contributed by atoms with Crippen molar-refractivity contribution in [1.29, 1.82) is 0 Å². The SMILES string of the molecule is O=C(CCc1nc2sc3c(c2c(=O)[nH]1)CCCC3)OCc1nnc(-c2ccco2)o1. The summed E-state index contributed by atoms with van der Waals surface area (Å²) >= 11 is 1.59. The number of carbonyl (C=O) groups is 1. The zero-order valence-electron chi connectivity index (χ0n) is 16.0. The normalized spacial score (nSPS) is 13.5. The van der Waals surface area contributed by atoms with Crippen molar-refractivity contribution in [3.63, 3.8) is 0 Å². The standard InChI is InChI=1S/C20H18N4O5S/c25-16(28-10-15-23-24-19(29-15)12-5-3-9-27-12)8-7-14-21-18(26)17-11-4-1-2-6-13(11)30-20(17)22-14/h3,5,9H,1-2,4,6-8,10H2,(H,21,22,26). The molecule has 154 valence electrons. The smallest absolute Gasteiger partial charge is 0.306 e. The first-order chi connectivity index (χ1) is 14.7. The van der Waals surface area contributed by atoms with Crippen LogP contribution in [0.1, 0.15) is 41.4 Å². The number of H-pyrrole nitrogens is 1. The molecule has 0 aromatic carbocycles. The number of carbonyl (C=O) groups excluding carboxylic acids is 1. The minimum Gasteiger partial charge on any atom is -0.459 e. The molecule has 0 radical (unpaired) electrons. The molecule has 10 heteroatoms. The third-order valence-electron chi connectivity index (χ3n) is 5.00. The van der Waals surface area contributed by atoms with E-state index in [9.17, 15) is 9.59 Å². The van der Waals surface area contributed by atoms with E-state index >= 15 is 0 Å². The molecule has 4 aromatic heterocycles. The third-order valence-corrected chi connectivity index (χ3v) is 6.18. The number of aryl methyl sites for hydroxylation is 3. The number of nitrogens with one attached hydrogen (secondary N) is 1. The Kier molecular flexibility index (Phi) is 4.91. The average molecular weight is 426 g/mol. The Morgan fingerprint density at radius 2 is 2.17 bits per heavy atom. The first kappa shape index (κ1) is 18.7. The molecule has 0 atom stereocenters. The molecule has 30 heavy (non-hydrogen) atoms. The number of aromatic nitrogens is 4. The number of furan rings is 1. The molecule has 9 nitrogen and oxygen atoms in total. The molecule has 0 amide bonds. The van der Waals surface area contributed by atoms with Gasteiger partial charge in [-0.05, 0) is 43.4 Å². The van der Waals surface area contributed by atoms with E-state index in [4.69, 9.17) is 13.6 Å². The highest BCUT2D eigenvalue weighted by Crippen LogP contribution is 2.33. The van der Waals surface area contributed by atoms with Crippen LogP contribution in [0.15, 0.2) is 32.0 Å². The monoisotopic (exact) mass is 426 g/mol. The second-order valence-electron chi connectivity index (χ2n) is 7.04. The van der Waals surface area contributed by atoms with Gasteiger partial charge in [0, 0.05) is 11.3 Å². The average Bonchev–Trinajstić information content (AvgIpc) is 3.49. The van der Waals surface area contributed by atoms with Crippen molar-refractivity contribution in [2.75, 3.05) is 0 Å². The number of rotatable bonds is 6. The highest BCUT2D eigenvalue weighted by molar-refractivity contribution is 7.18. The Labute approximate surface area is 174 Å². The summed E-state index contributed by atoms with van der Waals surface area (Å²) in [7, 11) is 0. The number of ether oxygens (including phenoxy) is 1. The molecular weight excluding hydrogens is 408 g/mol. The number of thiophene rings is 1. The molecular formula is C20H18N4O5S. The maximum absolute atomic E-state index is 12.5. The molecule has 1 aliphatic carbocycles. The predicted octanol–water partition coefficient (Wildman–Crippen LogP) is 3.18. The second-order valence-corrected chi connectivity index (χ2v) is 8.13. The lowest BCUT2D eigenvalue weighted by molar-refractivity contribution is -0.145. The van der Waals surface area contributed by atoms with E-state index < -0.39 is 5.97 Å². The molecule has 1 N–H and O–H groups in total. The Bertz CT molecular complexity index is 1250. The molecule has 0 fully saturated rings. The fraction of sp³-hybridized carbons (Fsp3) is 0.350. The van der Waals surface area contributed by atoms with E-state index in [1.165, 1.54) is 11.1 Å². The zero-order chi connectivity index (χ0) is 20.5. The number of fused-ring (bicyclic) bond motifs is 3. The van der Waals surface area contributed by atoms with Gasteiger partial charge < -0.3 is 18.6 Å². The zero-order valence-corrected chi connectivity index (χ0v) is 16.8. The highest BCUT2D eigenvalue weighted by Gasteiger charge is 2.20. The first-order valence-corrected chi connectivity index (χ1v) is 10.5. The Morgan fingerprint density at radius 1 is 1.27 bits per heavy atom. The Hall–Kier alpha value is -3.27. The predicted molar refractivity (Wildman–Crippen MR) is 107 cm³/mol. The summed E-state index contributed by atoms with van der Waals surface area (Å²) in [6, 6.07) is 3.40. The van der Waals surface area contributed by atoms with Gasteiger partial charge in [0.15, 0.2) is 12.4 Å². The summed E-state index contributed by atoms with van der Waals surface area (Å²) in [4.78, 5) is 34.0. The van der Waals surface area contributed by atoms with Crippen molar-refractivity contribution < 1.29 is 18.4 Å². The van der Waals surface area contributed by atoms with Gasteiger partial charge in [-0.25, -0.2) is 4.98 Å². The Balaban J connectivity index is 1.20. The van der Waals surface area contributed by atoms with Crippen LogP contribution in [0.3, 0.4) is 0 Å². The van der Waals surface area contributed by atoms with Crippen LogP contribution in [0.5, 0.6) is 0 Å². The van der Waals surface area contributed by atoms with Crippen LogP contribution in [0.25, 0.3) is 21.9 Å². The van der Waals surface area contributed by atoms with Crippen molar-refractivity contribution in [2.24, 2.45) is 0 Å². The summed E-state index contributed by atoms with van der Waals surface area (Å²) in [5.41, 5.74) is 1.02. The Morgan fingerprint density at radius 3 is 3.03 bits per heavy atom. The van der Waals surface area contributed by atoms with Gasteiger partial charge in [-0.2, -0.15) is 0 Å². The van der Waals surface area contributed by atoms with E-state index in [0.717, 1.165) is 36.1 Å². The summed E-state index contributed by atoms with van der Waals surface area (Å²) < 4.78 is 15.7. The van der Waals surface area contributed by atoms with Crippen LogP contribution in [0.4, 0.5) is 0 Å². The van der Waals surface area contributed by atoms with E-state index in [-0.39, 0.29) is 36.8 Å². The van der Waals surface area contributed by atoms with E-state index in [1.54, 1.807) is 23.5 Å². The quantitative estimate of drug-likeness (QED) is 0.466. The van der Waals surface area contributed by atoms with Crippen LogP contribution < -0.4 is 5.56 Å². The minimum atomic E-state index is -0.444. The van der Waals surface area contributed by atoms with Gasteiger partial charge >= 0.3 is 5.97 Å². The largest absolute Gasteiger partial charge is 0.459 e. The maximum Gasteiger partial charge on any atom is 0.306 e. The van der Waals surface area contributed by atoms with Crippen molar-refractivity contribution in [3.8, 4) is 11.7 Å². The van der Waals surface area contributed by atoms with Crippen molar-refractivity contribution >= 4 is 27.5 Å². The lowest BCUT2D eigenvalue weighted by atomic mass is 9.97. The van der Waals surface area contributed by atoms with E-state index in [1.807, 2.05) is 0 Å². The van der Waals surface area contributed by atoms with Gasteiger partial charge in [0.2, 0.25) is 0 Å². The topological polar surface area (TPSA) is 124 Å². The fourth-order valence-electron chi connectivity index (χ4n) is 3.57. The maximum atomic E-state index is 12.5. The summed E-state index contributed by atoms with van der Waals surface area (Å²) in [6.07, 6.45) is 6.07. The number of aromatic amines is 1. The molecule has 0 spiro atoms. The number of hydrogen-bond donors (Lipinski definition) is 1. The second kappa shape index (κ2) is 7.86. The number of hydrogen-bond acceptors (Lipinski definition) is 9. The van der Waals surface area contributed by atoms with Crippen molar-refractivity contribution in [2.45, 2.75) is 45.1 Å². The van der Waals surface area contributed by atoms with Crippen LogP contribution in [0, 0.1) is 0 Å². The van der Waals surface area contributed by atoms with Gasteiger partial charge in [0.25, 0.3) is 17.3 Å². The van der Waals surface area contributed by atoms with Gasteiger partial charge in [0.1, 0.15) is 10.7 Å². The van der Waals surface area contributed by atoms with Crippen LogP contribution >= 0.6 is 11.3 Å². The number of nitrogens with zero attached hydrogens (tertiary/aromatic N) is 3.